The van der Waals surface area contributed by atoms with Crippen LogP contribution in [-0.2, 0) is 13.7 Å². The number of aliphatic hydroxyl groups is 1. The topological polar surface area (TPSA) is 47.3 Å². The van der Waals surface area contributed by atoms with Gasteiger partial charge in [-0.15, -0.1) is 0 Å². The Morgan fingerprint density at radius 2 is 2.10 bits per heavy atom. The lowest BCUT2D eigenvalue weighted by molar-refractivity contribution is 0.189. The minimum absolute atomic E-state index is 0.383. The Morgan fingerprint density at radius 3 is 2.65 bits per heavy atom. The van der Waals surface area contributed by atoms with Gasteiger partial charge in [0.25, 0.3) is 0 Å². The van der Waals surface area contributed by atoms with Crippen LogP contribution in [-0.4, -0.2) is 14.9 Å². The van der Waals surface area contributed by atoms with Crippen LogP contribution in [0.5, 0.6) is 5.75 Å². The van der Waals surface area contributed by atoms with Crippen LogP contribution in [0.3, 0.4) is 0 Å². The van der Waals surface area contributed by atoms with E-state index in [9.17, 15) is 5.11 Å². The summed E-state index contributed by atoms with van der Waals surface area (Å²) in [5.41, 5.74) is 2.65. The summed E-state index contributed by atoms with van der Waals surface area (Å²) in [6.45, 7) is 4.04. The second kappa shape index (κ2) is 6.28. The van der Waals surface area contributed by atoms with E-state index in [2.05, 4.69) is 37.0 Å². The molecule has 0 bridgehead atoms. The number of hydrogen-bond donors (Lipinski definition) is 1. The van der Waals surface area contributed by atoms with Gasteiger partial charge >= 0.3 is 0 Å². The summed E-state index contributed by atoms with van der Waals surface area (Å²) in [5.74, 6) is 0.667. The highest BCUT2D eigenvalue weighted by molar-refractivity contribution is 9.10. The van der Waals surface area contributed by atoms with Crippen molar-refractivity contribution in [3.05, 3.63) is 44.1 Å². The van der Waals surface area contributed by atoms with Crippen LogP contribution in [0.15, 0.2) is 27.1 Å². The molecule has 1 atom stereocenters. The van der Waals surface area contributed by atoms with Crippen LogP contribution >= 0.6 is 31.9 Å². The van der Waals surface area contributed by atoms with E-state index in [0.717, 1.165) is 25.9 Å². The van der Waals surface area contributed by atoms with Gasteiger partial charge in [-0.1, -0.05) is 22.0 Å². The van der Waals surface area contributed by atoms with Gasteiger partial charge in [-0.2, -0.15) is 5.10 Å². The van der Waals surface area contributed by atoms with Crippen LogP contribution in [0, 0.1) is 6.92 Å². The number of rotatable bonds is 4. The van der Waals surface area contributed by atoms with Crippen molar-refractivity contribution in [3.63, 3.8) is 0 Å². The van der Waals surface area contributed by atoms with Crippen molar-refractivity contribution in [2.45, 2.75) is 26.6 Å². The summed E-state index contributed by atoms with van der Waals surface area (Å²) in [5, 5.41) is 14.1. The third kappa shape index (κ3) is 3.24. The summed E-state index contributed by atoms with van der Waals surface area (Å²) in [6, 6.07) is 5.60. The monoisotopic (exact) mass is 402 g/mol. The molecule has 1 aromatic carbocycles. The Morgan fingerprint density at radius 1 is 1.40 bits per heavy atom. The highest BCUT2D eigenvalue weighted by atomic mass is 79.9. The van der Waals surface area contributed by atoms with Gasteiger partial charge in [0.1, 0.15) is 12.4 Å². The van der Waals surface area contributed by atoms with E-state index in [4.69, 9.17) is 4.74 Å². The molecule has 1 heterocycles. The molecule has 0 fully saturated rings. The third-order valence-electron chi connectivity index (χ3n) is 3.05. The van der Waals surface area contributed by atoms with Crippen LogP contribution in [0.2, 0.25) is 0 Å². The lowest BCUT2D eigenvalue weighted by Crippen LogP contribution is -2.06. The molecule has 0 aliphatic heterocycles. The van der Waals surface area contributed by atoms with E-state index < -0.39 is 6.10 Å². The van der Waals surface area contributed by atoms with E-state index in [-0.39, 0.29) is 0 Å². The predicted octanol–water partition coefficient (Wildman–Crippen LogP) is 3.89. The Hall–Kier alpha value is -0.850. The zero-order valence-electron chi connectivity index (χ0n) is 11.5. The molecule has 2 rings (SSSR count). The minimum atomic E-state index is -0.574. The molecule has 0 radical (unpaired) electrons. The first-order chi connectivity index (χ1) is 9.40. The second-order valence-electron chi connectivity index (χ2n) is 4.62. The summed E-state index contributed by atoms with van der Waals surface area (Å²) < 4.78 is 9.52. The molecule has 0 saturated heterocycles. The number of aryl methyl sites for hydroxylation is 2. The van der Waals surface area contributed by atoms with Crippen molar-refractivity contribution < 1.29 is 9.84 Å². The number of nitrogens with zero attached hydrogens (tertiary/aromatic N) is 2. The Labute approximate surface area is 135 Å². The Bertz CT molecular complexity index is 624. The van der Waals surface area contributed by atoms with Gasteiger partial charge in [0.15, 0.2) is 0 Å². The zero-order chi connectivity index (χ0) is 14.9. The molecule has 0 aliphatic carbocycles. The highest BCUT2D eigenvalue weighted by Crippen LogP contribution is 2.30. The number of aliphatic hydroxyl groups excluding tert-OH is 1. The molecule has 20 heavy (non-hydrogen) atoms. The summed E-state index contributed by atoms with van der Waals surface area (Å²) in [7, 11) is 1.88. The van der Waals surface area contributed by atoms with Gasteiger partial charge in [-0.3, -0.25) is 4.68 Å². The molecular weight excluding hydrogens is 388 g/mol. The maximum atomic E-state index is 9.78. The summed E-state index contributed by atoms with van der Waals surface area (Å²) >= 11 is 6.93. The van der Waals surface area contributed by atoms with Crippen molar-refractivity contribution in [1.29, 1.82) is 0 Å². The number of aromatic nitrogens is 2. The van der Waals surface area contributed by atoms with Crippen LogP contribution in [0.25, 0.3) is 0 Å². The molecule has 0 unspecified atom stereocenters. The predicted molar refractivity (Wildman–Crippen MR) is 84.8 cm³/mol. The standard InChI is InChI=1S/C14H16Br2N2O2/c1-8-14(16)12(18(3)17-8)7-20-13-6-10(15)4-5-11(13)9(2)19/h4-6,9,19H,7H2,1-3H3/t9-/m0/s1. The molecular formula is C14H16Br2N2O2. The van der Waals surface area contributed by atoms with Crippen LogP contribution in [0.1, 0.15) is 30.0 Å². The lowest BCUT2D eigenvalue weighted by Gasteiger charge is -2.14. The molecule has 1 aromatic heterocycles. The van der Waals surface area contributed by atoms with Crippen molar-refractivity contribution in [2.24, 2.45) is 7.05 Å². The van der Waals surface area contributed by atoms with E-state index in [0.29, 0.717) is 12.4 Å². The second-order valence-corrected chi connectivity index (χ2v) is 6.33. The lowest BCUT2D eigenvalue weighted by atomic mass is 10.1. The Kier molecular flexibility index (Phi) is 4.88. The highest BCUT2D eigenvalue weighted by Gasteiger charge is 2.14. The molecule has 1 N–H and O–H groups in total. The van der Waals surface area contributed by atoms with Crippen molar-refractivity contribution in [2.75, 3.05) is 0 Å². The van der Waals surface area contributed by atoms with Gasteiger partial charge in [0, 0.05) is 17.1 Å². The van der Waals surface area contributed by atoms with E-state index in [1.54, 1.807) is 11.6 Å². The molecule has 0 saturated carbocycles. The van der Waals surface area contributed by atoms with Gasteiger partial charge in [-0.25, -0.2) is 0 Å². The number of hydrogen-bond acceptors (Lipinski definition) is 3. The molecule has 0 aliphatic rings. The largest absolute Gasteiger partial charge is 0.487 e. The fourth-order valence-electron chi connectivity index (χ4n) is 1.96. The number of halogens is 2. The SMILES string of the molecule is Cc1nn(C)c(COc2cc(Br)ccc2[C@H](C)O)c1Br. The quantitative estimate of drug-likeness (QED) is 0.842. The van der Waals surface area contributed by atoms with Crippen molar-refractivity contribution in [3.8, 4) is 5.75 Å². The maximum Gasteiger partial charge on any atom is 0.131 e. The van der Waals surface area contributed by atoms with Gasteiger partial charge < -0.3 is 9.84 Å². The molecule has 6 heteroatoms. The molecule has 0 spiro atoms. The fourth-order valence-corrected chi connectivity index (χ4v) is 2.75. The van der Waals surface area contributed by atoms with Gasteiger partial charge in [0.05, 0.1) is 22.0 Å². The van der Waals surface area contributed by atoms with Crippen molar-refractivity contribution >= 4 is 31.9 Å². The van der Waals surface area contributed by atoms with Gasteiger partial charge in [-0.05, 0) is 41.9 Å². The van der Waals surface area contributed by atoms with Crippen molar-refractivity contribution in [1.82, 2.24) is 9.78 Å². The van der Waals surface area contributed by atoms with Gasteiger partial charge in [0.2, 0.25) is 0 Å². The first-order valence-corrected chi connectivity index (χ1v) is 7.77. The number of ether oxygens (including phenoxy) is 1. The summed E-state index contributed by atoms with van der Waals surface area (Å²) in [6.07, 6.45) is -0.574. The van der Waals surface area contributed by atoms with E-state index in [1.165, 1.54) is 0 Å². The zero-order valence-corrected chi connectivity index (χ0v) is 14.7. The van der Waals surface area contributed by atoms with Crippen LogP contribution in [0.4, 0.5) is 0 Å². The average Bonchev–Trinajstić information content (AvgIpc) is 2.61. The first-order valence-electron chi connectivity index (χ1n) is 6.18. The minimum Gasteiger partial charge on any atom is -0.487 e. The maximum absolute atomic E-state index is 9.78. The molecule has 2 aromatic rings. The fraction of sp³-hybridized carbons (Fsp3) is 0.357. The molecule has 108 valence electrons. The van der Waals surface area contributed by atoms with E-state index >= 15 is 0 Å². The van der Waals surface area contributed by atoms with E-state index in [1.807, 2.05) is 32.2 Å². The smallest absolute Gasteiger partial charge is 0.131 e. The summed E-state index contributed by atoms with van der Waals surface area (Å²) in [4.78, 5) is 0. The Balaban J connectivity index is 2.24. The average molecular weight is 404 g/mol. The van der Waals surface area contributed by atoms with Crippen LogP contribution < -0.4 is 4.74 Å². The first kappa shape index (κ1) is 15.5. The third-order valence-corrected chi connectivity index (χ3v) is 4.58. The molecule has 4 nitrogen and oxygen atoms in total. The number of benzene rings is 1. The molecule has 0 amide bonds. The normalized spacial score (nSPS) is 12.5.